The van der Waals surface area contributed by atoms with E-state index < -0.39 is 0 Å². The van der Waals surface area contributed by atoms with Crippen molar-refractivity contribution in [3.05, 3.63) is 0 Å². The van der Waals surface area contributed by atoms with Crippen molar-refractivity contribution in [1.29, 1.82) is 0 Å². The van der Waals surface area contributed by atoms with Crippen LogP contribution >= 0.6 is 0 Å². The summed E-state index contributed by atoms with van der Waals surface area (Å²) >= 11 is 0. The zero-order chi connectivity index (χ0) is 0. The van der Waals surface area contributed by atoms with Crippen LogP contribution in [0.15, 0.2) is 0 Å². The van der Waals surface area contributed by atoms with Gasteiger partial charge in [0.25, 0.3) is 0 Å². The zero-order valence-electron chi connectivity index (χ0n) is 1.94. The van der Waals surface area contributed by atoms with Gasteiger partial charge in [0.2, 0.25) is 0 Å². The molecular formula is H2CeFeMnSn. The topological polar surface area (TPSA) is 0 Å². The summed E-state index contributed by atoms with van der Waals surface area (Å²) in [5.41, 5.74) is 0. The summed E-state index contributed by atoms with van der Waals surface area (Å²) in [5.74, 6) is 0. The molecule has 3 radical (unpaired) electrons. The summed E-state index contributed by atoms with van der Waals surface area (Å²) in [5, 5.41) is 0. The Bertz CT molecular complexity index is 8.00. The van der Waals surface area contributed by atoms with Crippen LogP contribution in [-0.4, -0.2) is 23.9 Å². The minimum absolute atomic E-state index is 0. The Balaban J connectivity index is 0. The second-order valence-corrected chi connectivity index (χ2v) is 0. The fourth-order valence-corrected chi connectivity index (χ4v) is 0. The van der Waals surface area contributed by atoms with Gasteiger partial charge < -0.3 is 0 Å². The van der Waals surface area contributed by atoms with Crippen molar-refractivity contribution in [2.45, 2.75) is 0 Å². The van der Waals surface area contributed by atoms with Crippen LogP contribution < -0.4 is 0 Å². The van der Waals surface area contributed by atoms with Gasteiger partial charge >= 0.3 is 23.9 Å². The van der Waals surface area contributed by atoms with Gasteiger partial charge in [-0.2, -0.15) is 0 Å². The number of hydrogen-bond acceptors (Lipinski definition) is 0. The van der Waals surface area contributed by atoms with Crippen LogP contribution in [0.2, 0.25) is 0 Å². The summed E-state index contributed by atoms with van der Waals surface area (Å²) in [6, 6.07) is 0. The second-order valence-electron chi connectivity index (χ2n) is 0. The maximum absolute atomic E-state index is 0. The predicted octanol–water partition coefficient (Wildman–Crippen LogP) is -0.921. The Morgan fingerprint density at radius 3 is 1.00 bits per heavy atom. The molecule has 0 rings (SSSR count). The molecule has 0 aromatic heterocycles. The third-order valence-electron chi connectivity index (χ3n) is 0. The van der Waals surface area contributed by atoms with E-state index in [1.165, 1.54) is 0 Å². The molecule has 0 aromatic rings. The first-order chi connectivity index (χ1) is 0. The summed E-state index contributed by atoms with van der Waals surface area (Å²) in [7, 11) is 0. The van der Waals surface area contributed by atoms with Gasteiger partial charge in [0.05, 0.1) is 0 Å². The molecule has 0 bridgehead atoms. The van der Waals surface area contributed by atoms with Gasteiger partial charge in [-0.1, -0.05) is 0 Å². The fraction of sp³-hybridized carbons (Fsp3) is 0. The van der Waals surface area contributed by atoms with Gasteiger partial charge in [0.15, 0.2) is 0 Å². The Kier molecular flexibility index (Phi) is 110. The maximum atomic E-state index is 0. The molecule has 0 aromatic carbocycles. The van der Waals surface area contributed by atoms with Crippen molar-refractivity contribution in [3.63, 3.8) is 0 Å². The van der Waals surface area contributed by atoms with Gasteiger partial charge in [0.1, 0.15) is 0 Å². The van der Waals surface area contributed by atoms with Gasteiger partial charge in [-0.05, 0) is 0 Å². The van der Waals surface area contributed by atoms with E-state index in [1.54, 1.807) is 0 Å². The molecule has 0 aliphatic rings. The fourth-order valence-electron chi connectivity index (χ4n) is 0. The Hall–Kier alpha value is 3.21. The van der Waals surface area contributed by atoms with Crippen LogP contribution in [0.1, 0.15) is 0 Å². The van der Waals surface area contributed by atoms with Crippen LogP contribution in [-0.2, 0) is 34.1 Å². The molecule has 0 saturated carbocycles. The SMILES string of the molecule is [Ce].[Fe].[Mn].[SnH2]. The average molecular weight is 372 g/mol. The van der Waals surface area contributed by atoms with Gasteiger partial charge in [-0.3, -0.25) is 0 Å². The Morgan fingerprint density at radius 1 is 1.00 bits per heavy atom. The third-order valence-corrected chi connectivity index (χ3v) is 0. The van der Waals surface area contributed by atoms with Crippen LogP contribution in [0.4, 0.5) is 0 Å². The molecule has 0 aliphatic carbocycles. The molecule has 0 atom stereocenters. The normalized spacial score (nSPS) is 0. The Labute approximate surface area is 97.5 Å². The van der Waals surface area contributed by atoms with E-state index in [9.17, 15) is 0 Å². The van der Waals surface area contributed by atoms with E-state index in [4.69, 9.17) is 0 Å². The van der Waals surface area contributed by atoms with E-state index in [2.05, 4.69) is 0 Å². The minimum atomic E-state index is 0. The van der Waals surface area contributed by atoms with Crippen molar-refractivity contribution in [2.75, 3.05) is 0 Å². The molecule has 0 amide bonds. The van der Waals surface area contributed by atoms with E-state index in [1.807, 2.05) is 0 Å². The molecule has 4 heavy (non-hydrogen) atoms. The van der Waals surface area contributed by atoms with Crippen molar-refractivity contribution in [2.24, 2.45) is 0 Å². The first-order valence-corrected chi connectivity index (χ1v) is 0. The molecule has 25 valence electrons. The average Bonchev–Trinajstić information content (AvgIpc) is 0. The third kappa shape index (κ3) is 8.96. The van der Waals surface area contributed by atoms with Crippen molar-refractivity contribution >= 4 is 23.9 Å². The van der Waals surface area contributed by atoms with Gasteiger partial charge in [-0.15, -0.1) is 0 Å². The molecule has 0 aliphatic heterocycles. The van der Waals surface area contributed by atoms with Crippen molar-refractivity contribution in [1.82, 2.24) is 0 Å². The molecule has 0 heterocycles. The summed E-state index contributed by atoms with van der Waals surface area (Å²) < 4.78 is 0. The molecule has 0 spiro atoms. The molecular weight excluding hydrogens is 370 g/mol. The van der Waals surface area contributed by atoms with Crippen LogP contribution in [0, 0.1) is 41.7 Å². The quantitative estimate of drug-likeness (QED) is 0.483. The van der Waals surface area contributed by atoms with E-state index in [-0.39, 0.29) is 99.8 Å². The predicted molar refractivity (Wildman–Crippen MR) is 8.54 cm³/mol. The molecule has 0 unspecified atom stereocenters. The standard InChI is InChI=1S/Ce.Fe.Mn.Sn.2H. The van der Waals surface area contributed by atoms with Crippen LogP contribution in [0.25, 0.3) is 0 Å². The zero-order valence-corrected chi connectivity index (χ0v) is 11.4. The van der Waals surface area contributed by atoms with Crippen molar-refractivity contribution in [3.8, 4) is 0 Å². The first kappa shape index (κ1) is 27.0. The van der Waals surface area contributed by atoms with Crippen molar-refractivity contribution < 1.29 is 75.9 Å². The van der Waals surface area contributed by atoms with Crippen LogP contribution in [0.3, 0.4) is 0 Å². The monoisotopic (exact) mass is 373 g/mol. The van der Waals surface area contributed by atoms with Gasteiger partial charge in [0, 0.05) is 75.9 Å². The molecule has 0 fully saturated rings. The number of hydrogen-bond donors (Lipinski definition) is 0. The molecule has 0 saturated heterocycles. The van der Waals surface area contributed by atoms with E-state index in [0.29, 0.717) is 0 Å². The summed E-state index contributed by atoms with van der Waals surface area (Å²) in [6.45, 7) is 0. The number of rotatable bonds is 0. The van der Waals surface area contributed by atoms with Crippen LogP contribution in [0.5, 0.6) is 0 Å². The Morgan fingerprint density at radius 2 is 1.00 bits per heavy atom. The summed E-state index contributed by atoms with van der Waals surface area (Å²) in [6.07, 6.45) is 0. The second kappa shape index (κ2) is 16.4. The van der Waals surface area contributed by atoms with E-state index in [0.717, 1.165) is 0 Å². The van der Waals surface area contributed by atoms with E-state index >= 15 is 0 Å². The molecule has 0 N–H and O–H groups in total. The molecule has 4 heteroatoms. The van der Waals surface area contributed by atoms with Gasteiger partial charge in [-0.25, -0.2) is 0 Å². The first-order valence-electron chi connectivity index (χ1n) is 0. The summed E-state index contributed by atoms with van der Waals surface area (Å²) in [4.78, 5) is 0. The molecule has 0 nitrogen and oxygen atoms in total.